The van der Waals surface area contributed by atoms with Crippen molar-refractivity contribution in [1.82, 2.24) is 19.6 Å². The predicted molar refractivity (Wildman–Crippen MR) is 98.5 cm³/mol. The molecular weight excluding hydrogens is 336 g/mol. The zero-order valence-corrected chi connectivity index (χ0v) is 15.8. The van der Waals surface area contributed by atoms with Crippen LogP contribution in [-0.4, -0.2) is 57.6 Å². The van der Waals surface area contributed by atoms with Crippen molar-refractivity contribution >= 4 is 23.2 Å². The number of rotatable bonds is 5. The van der Waals surface area contributed by atoms with Gasteiger partial charge in [-0.2, -0.15) is 5.10 Å². The first-order valence-corrected chi connectivity index (χ1v) is 9.54. The summed E-state index contributed by atoms with van der Waals surface area (Å²) < 4.78 is 1.73. The van der Waals surface area contributed by atoms with Gasteiger partial charge in [-0.05, 0) is 23.9 Å². The molecule has 25 heavy (non-hydrogen) atoms. The Morgan fingerprint density at radius 3 is 2.84 bits per heavy atom. The van der Waals surface area contributed by atoms with E-state index in [4.69, 9.17) is 0 Å². The summed E-state index contributed by atoms with van der Waals surface area (Å²) in [6, 6.07) is 5.44. The van der Waals surface area contributed by atoms with Crippen LogP contribution in [0.5, 0.6) is 0 Å². The molecule has 2 amide bonds. The van der Waals surface area contributed by atoms with Gasteiger partial charge in [0.05, 0.1) is 10.6 Å². The molecule has 2 aromatic heterocycles. The Bertz CT molecular complexity index is 753. The number of piperazine rings is 1. The van der Waals surface area contributed by atoms with E-state index in [0.29, 0.717) is 25.2 Å². The van der Waals surface area contributed by atoms with Gasteiger partial charge in [0.1, 0.15) is 6.04 Å². The lowest BCUT2D eigenvalue weighted by Crippen LogP contribution is -2.57. The van der Waals surface area contributed by atoms with Gasteiger partial charge in [0.25, 0.3) is 5.91 Å². The molecule has 1 aliphatic heterocycles. The Kier molecular flexibility index (Phi) is 5.22. The highest BCUT2D eigenvalue weighted by atomic mass is 32.1. The summed E-state index contributed by atoms with van der Waals surface area (Å²) in [5.74, 6) is -0.122. The van der Waals surface area contributed by atoms with Gasteiger partial charge in [0, 0.05) is 27.2 Å². The van der Waals surface area contributed by atoms with Crippen molar-refractivity contribution in [2.45, 2.75) is 32.2 Å². The van der Waals surface area contributed by atoms with Gasteiger partial charge in [0.15, 0.2) is 5.69 Å². The quantitative estimate of drug-likeness (QED) is 0.824. The number of thiophene rings is 1. The van der Waals surface area contributed by atoms with E-state index in [-0.39, 0.29) is 17.9 Å². The van der Waals surface area contributed by atoms with Crippen molar-refractivity contribution < 1.29 is 9.59 Å². The van der Waals surface area contributed by atoms with Crippen LogP contribution in [0.15, 0.2) is 23.6 Å². The summed E-state index contributed by atoms with van der Waals surface area (Å²) in [5, 5.41) is 6.41. The Morgan fingerprint density at radius 2 is 2.16 bits per heavy atom. The number of hydrogen-bond donors (Lipinski definition) is 0. The third-order valence-corrected chi connectivity index (χ3v) is 5.57. The van der Waals surface area contributed by atoms with Gasteiger partial charge in [-0.15, -0.1) is 11.3 Å². The van der Waals surface area contributed by atoms with E-state index < -0.39 is 0 Å². The molecular formula is C18H24N4O2S. The number of likely N-dealkylation sites (N-methyl/N-ethyl adjacent to an activating group) is 1. The molecule has 1 aliphatic rings. The van der Waals surface area contributed by atoms with Crippen LogP contribution in [0.4, 0.5) is 0 Å². The second-order valence-electron chi connectivity index (χ2n) is 6.43. The Hall–Kier alpha value is -2.15. The molecule has 3 heterocycles. The molecule has 0 N–H and O–H groups in total. The zero-order valence-electron chi connectivity index (χ0n) is 14.9. The van der Waals surface area contributed by atoms with Gasteiger partial charge >= 0.3 is 0 Å². The molecule has 0 saturated carbocycles. The highest BCUT2D eigenvalue weighted by Crippen LogP contribution is 2.26. The molecule has 2 aromatic rings. The first kappa shape index (κ1) is 17.7. The summed E-state index contributed by atoms with van der Waals surface area (Å²) in [6.07, 6.45) is 2.63. The van der Waals surface area contributed by atoms with E-state index in [1.165, 1.54) is 0 Å². The van der Waals surface area contributed by atoms with Crippen LogP contribution in [0, 0.1) is 0 Å². The monoisotopic (exact) mass is 360 g/mol. The molecule has 3 rings (SSSR count). The van der Waals surface area contributed by atoms with E-state index in [2.05, 4.69) is 12.0 Å². The van der Waals surface area contributed by atoms with Gasteiger partial charge in [-0.25, -0.2) is 0 Å². The maximum Gasteiger partial charge on any atom is 0.275 e. The number of carbonyl (C=O) groups excluding carboxylic acids is 2. The van der Waals surface area contributed by atoms with Gasteiger partial charge in [-0.1, -0.05) is 25.8 Å². The maximum absolute atomic E-state index is 13.0. The molecule has 1 fully saturated rings. The predicted octanol–water partition coefficient (Wildman–Crippen LogP) is 2.62. The van der Waals surface area contributed by atoms with Crippen LogP contribution in [-0.2, 0) is 11.8 Å². The second-order valence-corrected chi connectivity index (χ2v) is 7.38. The molecule has 1 saturated heterocycles. The minimum Gasteiger partial charge on any atom is -0.342 e. The van der Waals surface area contributed by atoms with Gasteiger partial charge < -0.3 is 9.80 Å². The first-order chi connectivity index (χ1) is 12.0. The van der Waals surface area contributed by atoms with Crippen LogP contribution in [0.3, 0.4) is 0 Å². The molecule has 134 valence electrons. The molecule has 6 nitrogen and oxygen atoms in total. The third-order valence-electron chi connectivity index (χ3n) is 4.68. The maximum atomic E-state index is 13.0. The Balaban J connectivity index is 1.86. The minimum absolute atomic E-state index is 0.0301. The Labute approximate surface area is 152 Å². The van der Waals surface area contributed by atoms with Crippen molar-refractivity contribution in [3.63, 3.8) is 0 Å². The lowest BCUT2D eigenvalue weighted by atomic mass is 10.0. The van der Waals surface area contributed by atoms with Crippen molar-refractivity contribution in [3.05, 3.63) is 29.3 Å². The van der Waals surface area contributed by atoms with Crippen LogP contribution in [0.1, 0.15) is 36.7 Å². The zero-order chi connectivity index (χ0) is 18.0. The van der Waals surface area contributed by atoms with Crippen molar-refractivity contribution in [2.75, 3.05) is 20.1 Å². The standard InChI is InChI=1S/C18H24N4O2S/c1-4-5-7-14-18(24)20(2)9-10-22(14)17(23)13-12-15(21(3)19-13)16-8-6-11-25-16/h6,8,11-12,14H,4-5,7,9-10H2,1-3H3. The number of unbranched alkanes of at least 4 members (excludes halogenated alkanes) is 1. The summed E-state index contributed by atoms with van der Waals surface area (Å²) in [5.41, 5.74) is 1.33. The fraction of sp³-hybridized carbons (Fsp3) is 0.500. The molecule has 1 unspecified atom stereocenters. The van der Waals surface area contributed by atoms with E-state index in [1.54, 1.807) is 32.9 Å². The molecule has 0 bridgehead atoms. The number of nitrogens with zero attached hydrogens (tertiary/aromatic N) is 4. The van der Waals surface area contributed by atoms with Gasteiger partial charge in [0.2, 0.25) is 5.91 Å². The number of aromatic nitrogens is 2. The smallest absolute Gasteiger partial charge is 0.275 e. The molecule has 1 atom stereocenters. The lowest BCUT2D eigenvalue weighted by molar-refractivity contribution is -0.138. The van der Waals surface area contributed by atoms with Crippen LogP contribution < -0.4 is 0 Å². The average molecular weight is 360 g/mol. The molecule has 7 heteroatoms. The van der Waals surface area contributed by atoms with E-state index in [1.807, 2.05) is 30.6 Å². The number of aryl methyl sites for hydroxylation is 1. The minimum atomic E-state index is -0.376. The fourth-order valence-corrected chi connectivity index (χ4v) is 3.98. The topological polar surface area (TPSA) is 58.4 Å². The van der Waals surface area contributed by atoms with Crippen molar-refractivity contribution in [2.24, 2.45) is 7.05 Å². The SMILES string of the molecule is CCCCC1C(=O)N(C)CCN1C(=O)c1cc(-c2cccs2)n(C)n1. The highest BCUT2D eigenvalue weighted by molar-refractivity contribution is 7.13. The normalized spacial score (nSPS) is 18.0. The first-order valence-electron chi connectivity index (χ1n) is 8.66. The average Bonchev–Trinajstić information content (AvgIpc) is 3.25. The van der Waals surface area contributed by atoms with Crippen LogP contribution >= 0.6 is 11.3 Å². The van der Waals surface area contributed by atoms with Crippen LogP contribution in [0.2, 0.25) is 0 Å². The molecule has 0 aliphatic carbocycles. The molecule has 0 spiro atoms. The second kappa shape index (κ2) is 7.39. The Morgan fingerprint density at radius 1 is 1.36 bits per heavy atom. The summed E-state index contributed by atoms with van der Waals surface area (Å²) in [7, 11) is 3.65. The number of amides is 2. The fourth-order valence-electron chi connectivity index (χ4n) is 3.21. The largest absolute Gasteiger partial charge is 0.342 e. The van der Waals surface area contributed by atoms with E-state index in [0.717, 1.165) is 23.4 Å². The summed E-state index contributed by atoms with van der Waals surface area (Å²) in [6.45, 7) is 3.22. The lowest BCUT2D eigenvalue weighted by Gasteiger charge is -2.38. The highest BCUT2D eigenvalue weighted by Gasteiger charge is 2.36. The van der Waals surface area contributed by atoms with E-state index >= 15 is 0 Å². The van der Waals surface area contributed by atoms with Crippen LogP contribution in [0.25, 0.3) is 10.6 Å². The van der Waals surface area contributed by atoms with Crippen molar-refractivity contribution in [1.29, 1.82) is 0 Å². The molecule has 0 radical (unpaired) electrons. The van der Waals surface area contributed by atoms with Crippen molar-refractivity contribution in [3.8, 4) is 10.6 Å². The number of hydrogen-bond acceptors (Lipinski definition) is 4. The molecule has 0 aromatic carbocycles. The number of carbonyl (C=O) groups is 2. The summed E-state index contributed by atoms with van der Waals surface area (Å²) >= 11 is 1.62. The van der Waals surface area contributed by atoms with E-state index in [9.17, 15) is 9.59 Å². The third kappa shape index (κ3) is 3.46. The van der Waals surface area contributed by atoms with Gasteiger partial charge in [-0.3, -0.25) is 14.3 Å². The summed E-state index contributed by atoms with van der Waals surface area (Å²) in [4.78, 5) is 30.1.